The molecular weight excluding hydrogens is 381 g/mol. The van der Waals surface area contributed by atoms with Crippen LogP contribution in [0.4, 0.5) is 9.18 Å². The molecule has 0 bridgehead atoms. The summed E-state index contributed by atoms with van der Waals surface area (Å²) in [7, 11) is 0. The number of rotatable bonds is 1. The zero-order valence-corrected chi connectivity index (χ0v) is 15.9. The van der Waals surface area contributed by atoms with Crippen LogP contribution in [-0.4, -0.2) is 16.1 Å². The third-order valence-electron chi connectivity index (χ3n) is 5.77. The number of hydrogen-bond donors (Lipinski definition) is 1. The van der Waals surface area contributed by atoms with Gasteiger partial charge in [0.25, 0.3) is 0 Å². The van der Waals surface area contributed by atoms with Gasteiger partial charge in [-0.25, -0.2) is 9.18 Å². The number of nitrogens with one attached hydrogen (secondary N) is 1. The smallest absolute Gasteiger partial charge is 0.408 e. The highest BCUT2D eigenvalue weighted by Gasteiger charge is 2.43. The van der Waals surface area contributed by atoms with Crippen LogP contribution in [-0.2, 0) is 4.74 Å². The first-order valence-electron chi connectivity index (χ1n) is 9.90. The van der Waals surface area contributed by atoms with E-state index in [1.165, 1.54) is 25.0 Å². The van der Waals surface area contributed by atoms with Crippen molar-refractivity contribution >= 4 is 6.09 Å². The first kappa shape index (κ1) is 17.2. The van der Waals surface area contributed by atoms with Gasteiger partial charge >= 0.3 is 6.09 Å². The van der Waals surface area contributed by atoms with Crippen LogP contribution in [0.1, 0.15) is 58.9 Å². The molecule has 1 N–H and O–H groups in total. The zero-order chi connectivity index (χ0) is 20.2. The highest BCUT2D eigenvalue weighted by atomic mass is 19.1. The number of hydrogen-bond acceptors (Lipinski definition) is 4. The summed E-state index contributed by atoms with van der Waals surface area (Å²) in [6.07, 6.45) is 4.90. The van der Waals surface area contributed by atoms with E-state index in [1.807, 2.05) is 18.2 Å². The predicted molar refractivity (Wildman–Crippen MR) is 107 cm³/mol. The van der Waals surface area contributed by atoms with Crippen LogP contribution in [0.15, 0.2) is 48.8 Å². The maximum absolute atomic E-state index is 13.9. The lowest BCUT2D eigenvalue weighted by Crippen LogP contribution is -2.23. The maximum Gasteiger partial charge on any atom is 0.408 e. The van der Waals surface area contributed by atoms with E-state index in [0.29, 0.717) is 22.7 Å². The second kappa shape index (κ2) is 6.39. The van der Waals surface area contributed by atoms with E-state index in [9.17, 15) is 9.18 Å². The third kappa shape index (κ3) is 2.82. The van der Waals surface area contributed by atoms with Crippen molar-refractivity contribution in [3.05, 3.63) is 82.6 Å². The fourth-order valence-electron chi connectivity index (χ4n) is 4.14. The summed E-state index contributed by atoms with van der Waals surface area (Å²) in [5, 5.41) is 2.84. The fourth-order valence-corrected chi connectivity index (χ4v) is 4.14. The van der Waals surface area contributed by atoms with Crippen LogP contribution >= 0.6 is 0 Å². The molecule has 2 fully saturated rings. The lowest BCUT2D eigenvalue weighted by atomic mass is 9.83. The number of nitrogens with zero attached hydrogens (tertiary/aromatic N) is 2. The number of halogens is 1. The Morgan fingerprint density at radius 2 is 1.83 bits per heavy atom. The predicted octanol–water partition coefficient (Wildman–Crippen LogP) is 4.40. The number of ether oxygens (including phenoxy) is 1. The minimum absolute atomic E-state index is 0.358. The van der Waals surface area contributed by atoms with Gasteiger partial charge in [-0.05, 0) is 43.2 Å². The van der Waals surface area contributed by atoms with Crippen molar-refractivity contribution in [2.24, 2.45) is 0 Å². The van der Waals surface area contributed by atoms with Crippen LogP contribution in [0, 0.1) is 17.7 Å². The normalized spacial score (nSPS) is 20.8. The second-order valence-corrected chi connectivity index (χ2v) is 7.84. The van der Waals surface area contributed by atoms with Gasteiger partial charge in [0.2, 0.25) is 0 Å². The molecule has 2 atom stereocenters. The van der Waals surface area contributed by atoms with Gasteiger partial charge in [-0.15, -0.1) is 0 Å². The van der Waals surface area contributed by atoms with Crippen LogP contribution in [0.3, 0.4) is 0 Å². The molecule has 5 nitrogen and oxygen atoms in total. The topological polar surface area (TPSA) is 64.1 Å². The fraction of sp³-hybridized carbons (Fsp3) is 0.208. The summed E-state index contributed by atoms with van der Waals surface area (Å²) in [4.78, 5) is 21.0. The van der Waals surface area contributed by atoms with Gasteiger partial charge in [-0.1, -0.05) is 17.9 Å². The van der Waals surface area contributed by atoms with Crippen LogP contribution < -0.4 is 5.32 Å². The molecular formula is C24H16FN3O2. The van der Waals surface area contributed by atoms with Crippen molar-refractivity contribution in [3.8, 4) is 23.1 Å². The van der Waals surface area contributed by atoms with Crippen LogP contribution in [0.2, 0.25) is 0 Å². The lowest BCUT2D eigenvalue weighted by Gasteiger charge is -2.27. The van der Waals surface area contributed by atoms with E-state index in [0.717, 1.165) is 22.4 Å². The molecule has 3 aliphatic rings. The minimum atomic E-state index is -0.509. The number of fused-ring (bicyclic) bond motifs is 6. The first-order valence-corrected chi connectivity index (χ1v) is 9.90. The number of alkyl carbamates (subject to hydrolysis) is 1. The Bertz CT molecular complexity index is 1260. The van der Waals surface area contributed by atoms with E-state index in [1.54, 1.807) is 18.5 Å². The van der Waals surface area contributed by atoms with E-state index in [-0.39, 0.29) is 11.9 Å². The minimum Gasteiger partial charge on any atom is -0.439 e. The molecule has 1 aromatic carbocycles. The summed E-state index contributed by atoms with van der Waals surface area (Å²) in [5.41, 5.74) is 5.47. The van der Waals surface area contributed by atoms with Crippen LogP contribution in [0.5, 0.6) is 0 Å². The quantitative estimate of drug-likeness (QED) is 0.619. The summed E-state index contributed by atoms with van der Waals surface area (Å²) in [5.74, 6) is 6.50. The number of pyridine rings is 2. The van der Waals surface area contributed by atoms with E-state index >= 15 is 0 Å². The Labute approximate surface area is 172 Å². The number of benzene rings is 1. The highest BCUT2D eigenvalue weighted by molar-refractivity contribution is 5.78. The zero-order valence-electron chi connectivity index (χ0n) is 15.9. The molecule has 0 radical (unpaired) electrons. The van der Waals surface area contributed by atoms with Crippen LogP contribution in [0.25, 0.3) is 11.3 Å². The number of aromatic nitrogens is 2. The molecule has 1 amide bonds. The van der Waals surface area contributed by atoms with Gasteiger partial charge in [0.1, 0.15) is 11.9 Å². The molecule has 2 aliphatic carbocycles. The average molecular weight is 397 g/mol. The SMILES string of the molecule is O=C1N[C@@H]2c3cc(C#Cc4ccc(C5CC5)nc4)cnc3-c3cc(F)ccc3[C@H]2O1. The Morgan fingerprint density at radius 3 is 2.63 bits per heavy atom. The number of amides is 1. The van der Waals surface area contributed by atoms with Gasteiger partial charge in [0, 0.05) is 51.8 Å². The lowest BCUT2D eigenvalue weighted by molar-refractivity contribution is 0.131. The van der Waals surface area contributed by atoms with Gasteiger partial charge in [-0.3, -0.25) is 9.97 Å². The summed E-state index contributed by atoms with van der Waals surface area (Å²) in [6.45, 7) is 0. The van der Waals surface area contributed by atoms with Gasteiger partial charge in [0.05, 0.1) is 5.69 Å². The summed E-state index contributed by atoms with van der Waals surface area (Å²) in [6, 6.07) is 9.99. The monoisotopic (exact) mass is 397 g/mol. The van der Waals surface area contributed by atoms with Crippen molar-refractivity contribution in [1.29, 1.82) is 0 Å². The number of carbonyl (C=O) groups is 1. The van der Waals surface area contributed by atoms with Gasteiger partial charge in [-0.2, -0.15) is 0 Å². The van der Waals surface area contributed by atoms with E-state index in [2.05, 4.69) is 27.1 Å². The summed E-state index contributed by atoms with van der Waals surface area (Å²) < 4.78 is 19.3. The van der Waals surface area contributed by atoms with Gasteiger partial charge < -0.3 is 10.1 Å². The van der Waals surface area contributed by atoms with E-state index < -0.39 is 12.2 Å². The van der Waals surface area contributed by atoms with Crippen molar-refractivity contribution in [2.75, 3.05) is 0 Å². The molecule has 0 unspecified atom stereocenters. The molecule has 2 aromatic heterocycles. The van der Waals surface area contributed by atoms with Crippen molar-refractivity contribution < 1.29 is 13.9 Å². The Morgan fingerprint density at radius 1 is 1.00 bits per heavy atom. The molecule has 6 rings (SSSR count). The third-order valence-corrected chi connectivity index (χ3v) is 5.77. The molecule has 0 spiro atoms. The second-order valence-electron chi connectivity index (χ2n) is 7.84. The van der Waals surface area contributed by atoms with Crippen molar-refractivity contribution in [3.63, 3.8) is 0 Å². The van der Waals surface area contributed by atoms with Gasteiger partial charge in [0.15, 0.2) is 6.10 Å². The first-order chi connectivity index (χ1) is 14.7. The molecule has 1 saturated heterocycles. The average Bonchev–Trinajstić information content (AvgIpc) is 3.53. The van der Waals surface area contributed by atoms with Crippen molar-refractivity contribution in [1.82, 2.24) is 15.3 Å². The Balaban J connectivity index is 1.39. The molecule has 30 heavy (non-hydrogen) atoms. The Kier molecular flexibility index (Phi) is 3.66. The van der Waals surface area contributed by atoms with E-state index in [4.69, 9.17) is 4.74 Å². The molecule has 1 aliphatic heterocycles. The molecule has 146 valence electrons. The molecule has 3 heterocycles. The molecule has 6 heteroatoms. The highest BCUT2D eigenvalue weighted by Crippen LogP contribution is 2.48. The number of carbonyl (C=O) groups excluding carboxylic acids is 1. The largest absolute Gasteiger partial charge is 0.439 e. The summed E-state index contributed by atoms with van der Waals surface area (Å²) >= 11 is 0. The van der Waals surface area contributed by atoms with Crippen molar-refractivity contribution in [2.45, 2.75) is 30.9 Å². The molecule has 1 saturated carbocycles. The molecule has 3 aromatic rings. The Hall–Kier alpha value is -3.72. The standard InChI is InChI=1S/C24H16FN3O2/c25-16-6-7-17-18(10-16)21-19(22-23(17)30-24(29)28-22)9-14(12-27-21)2-1-13-3-8-20(26-11-13)15-4-5-15/h3,6-12,15,22-23H,4-5H2,(H,28,29)/t22-,23-/m1/s1. The maximum atomic E-state index is 13.9.